The molecule has 0 aromatic heterocycles. The topological polar surface area (TPSA) is 108 Å². The third-order valence-electron chi connectivity index (χ3n) is 7.80. The van der Waals surface area contributed by atoms with Crippen LogP contribution in [0.3, 0.4) is 0 Å². The van der Waals surface area contributed by atoms with E-state index in [1.54, 1.807) is 14.2 Å². The number of hydrogen-bond donors (Lipinski definition) is 0. The minimum Gasteiger partial charge on any atom is -0.457 e. The van der Waals surface area contributed by atoms with Crippen molar-refractivity contribution in [3.8, 4) is 0 Å². The molecule has 0 amide bonds. The Morgan fingerprint density at radius 2 is 1.51 bits per heavy atom. The molecule has 0 radical (unpaired) electrons. The van der Waals surface area contributed by atoms with E-state index in [1.165, 1.54) is 25.6 Å². The van der Waals surface area contributed by atoms with Crippen LogP contribution in [0.1, 0.15) is 41.5 Å². The standard InChI is InChI=1S/C29H46O10SSi/c1-17-22(39-41(9,10)29(4,5)6)24(32-7)25(33-8)27(35-17)38-23-21(36-18(2)30)16-34-28(26(23)37-19(3)31)40-20-14-12-11-13-15-20/h11-15,17,21-28H,16H2,1-10H3/t17-,21-,22-,23-,24+,25+,26-,27+,28-/m1/s1. The first-order valence-corrected chi connectivity index (χ1v) is 17.7. The molecule has 232 valence electrons. The molecule has 10 nitrogen and oxygen atoms in total. The molecular formula is C29H46O10SSi. The Morgan fingerprint density at radius 1 is 0.902 bits per heavy atom. The van der Waals surface area contributed by atoms with Gasteiger partial charge >= 0.3 is 11.9 Å². The lowest BCUT2D eigenvalue weighted by Crippen LogP contribution is -2.65. The highest BCUT2D eigenvalue weighted by Crippen LogP contribution is 2.41. The van der Waals surface area contributed by atoms with E-state index < -0.39 is 74.7 Å². The number of carbonyl (C=O) groups excluding carboxylic acids is 2. The number of carbonyl (C=O) groups is 2. The second kappa shape index (κ2) is 14.3. The van der Waals surface area contributed by atoms with Gasteiger partial charge in [-0.05, 0) is 37.2 Å². The highest BCUT2D eigenvalue weighted by Gasteiger charge is 2.53. The van der Waals surface area contributed by atoms with Crippen LogP contribution in [0.5, 0.6) is 0 Å². The van der Waals surface area contributed by atoms with Gasteiger partial charge in [-0.2, -0.15) is 0 Å². The molecular weight excluding hydrogens is 568 g/mol. The Hall–Kier alpha value is -1.51. The predicted molar refractivity (Wildman–Crippen MR) is 156 cm³/mol. The van der Waals surface area contributed by atoms with E-state index in [0.717, 1.165) is 4.90 Å². The van der Waals surface area contributed by atoms with Crippen LogP contribution in [0, 0.1) is 0 Å². The Labute approximate surface area is 249 Å². The van der Waals surface area contributed by atoms with Gasteiger partial charge in [-0.25, -0.2) is 0 Å². The van der Waals surface area contributed by atoms with Crippen LogP contribution in [-0.4, -0.2) is 95.5 Å². The summed E-state index contributed by atoms with van der Waals surface area (Å²) < 4.78 is 49.0. The first-order valence-electron chi connectivity index (χ1n) is 13.9. The Morgan fingerprint density at radius 3 is 2.05 bits per heavy atom. The van der Waals surface area contributed by atoms with Crippen molar-refractivity contribution in [2.45, 2.75) is 119 Å². The maximum absolute atomic E-state index is 12.3. The molecule has 0 unspecified atom stereocenters. The first-order chi connectivity index (χ1) is 19.2. The molecule has 0 spiro atoms. The lowest BCUT2D eigenvalue weighted by Gasteiger charge is -2.50. The van der Waals surface area contributed by atoms with Gasteiger partial charge in [0.15, 0.2) is 26.8 Å². The Kier molecular flexibility index (Phi) is 11.9. The summed E-state index contributed by atoms with van der Waals surface area (Å²) in [4.78, 5) is 25.2. The Balaban J connectivity index is 1.92. The zero-order chi connectivity index (χ0) is 30.5. The maximum atomic E-state index is 12.3. The van der Waals surface area contributed by atoms with Gasteiger partial charge in [0.05, 0.1) is 18.8 Å². The van der Waals surface area contributed by atoms with E-state index in [-0.39, 0.29) is 11.6 Å². The first kappa shape index (κ1) is 34.0. The van der Waals surface area contributed by atoms with Crippen LogP contribution in [0.2, 0.25) is 18.1 Å². The third-order valence-corrected chi connectivity index (χ3v) is 13.5. The molecule has 1 aromatic rings. The highest BCUT2D eigenvalue weighted by molar-refractivity contribution is 7.99. The smallest absolute Gasteiger partial charge is 0.303 e. The van der Waals surface area contributed by atoms with Crippen LogP contribution in [0.15, 0.2) is 35.2 Å². The molecule has 9 atom stereocenters. The number of rotatable bonds is 10. The van der Waals surface area contributed by atoms with Gasteiger partial charge in [-0.3, -0.25) is 9.59 Å². The van der Waals surface area contributed by atoms with Gasteiger partial charge in [0.1, 0.15) is 23.7 Å². The number of ether oxygens (including phenoxy) is 7. The van der Waals surface area contributed by atoms with Crippen molar-refractivity contribution in [2.75, 3.05) is 20.8 Å². The predicted octanol–water partition coefficient (Wildman–Crippen LogP) is 4.55. The van der Waals surface area contributed by atoms with Crippen molar-refractivity contribution in [3.63, 3.8) is 0 Å². The van der Waals surface area contributed by atoms with Crippen molar-refractivity contribution in [1.29, 1.82) is 0 Å². The average Bonchev–Trinajstić information content (AvgIpc) is 2.87. The summed E-state index contributed by atoms with van der Waals surface area (Å²) in [5.74, 6) is -1.03. The maximum Gasteiger partial charge on any atom is 0.303 e. The fourth-order valence-electron chi connectivity index (χ4n) is 4.71. The van der Waals surface area contributed by atoms with Crippen molar-refractivity contribution < 1.29 is 47.2 Å². The van der Waals surface area contributed by atoms with E-state index in [1.807, 2.05) is 37.3 Å². The van der Waals surface area contributed by atoms with Gasteiger partial charge < -0.3 is 37.6 Å². The van der Waals surface area contributed by atoms with Crippen LogP contribution < -0.4 is 0 Å². The van der Waals surface area contributed by atoms with E-state index >= 15 is 0 Å². The molecule has 2 aliphatic rings. The SMILES string of the molecule is CO[C@@H]1[C@H](OC)[C@H](O[C@H]2[C@@H](OC(C)=O)[C@@H](Sc3ccccc3)OC[C@H]2OC(C)=O)O[C@H](C)[C@H]1O[Si](C)(C)C(C)(C)C. The van der Waals surface area contributed by atoms with Crippen LogP contribution >= 0.6 is 11.8 Å². The lowest BCUT2D eigenvalue weighted by molar-refractivity contribution is -0.331. The van der Waals surface area contributed by atoms with E-state index in [9.17, 15) is 9.59 Å². The van der Waals surface area contributed by atoms with E-state index in [0.29, 0.717) is 0 Å². The molecule has 0 saturated carbocycles. The summed E-state index contributed by atoms with van der Waals surface area (Å²) in [5, 5.41) is -0.0248. The largest absolute Gasteiger partial charge is 0.457 e. The summed E-state index contributed by atoms with van der Waals surface area (Å²) in [6.45, 7) is 15.5. The Bertz CT molecular complexity index is 1000. The molecule has 2 fully saturated rings. The fraction of sp³-hybridized carbons (Fsp3) is 0.724. The summed E-state index contributed by atoms with van der Waals surface area (Å²) in [6, 6.07) is 9.61. The van der Waals surface area contributed by atoms with Gasteiger partial charge in [-0.1, -0.05) is 50.7 Å². The zero-order valence-electron chi connectivity index (χ0n) is 25.8. The summed E-state index contributed by atoms with van der Waals surface area (Å²) in [6.07, 6.45) is -5.67. The van der Waals surface area contributed by atoms with Crippen LogP contribution in [0.4, 0.5) is 0 Å². The lowest BCUT2D eigenvalue weighted by atomic mass is 9.98. The summed E-state index contributed by atoms with van der Waals surface area (Å²) >= 11 is 1.39. The molecule has 0 bridgehead atoms. The molecule has 1 aromatic carbocycles. The monoisotopic (exact) mass is 614 g/mol. The minimum absolute atomic E-state index is 0.0248. The van der Waals surface area contributed by atoms with Crippen molar-refractivity contribution in [3.05, 3.63) is 30.3 Å². The van der Waals surface area contributed by atoms with Crippen molar-refractivity contribution in [1.82, 2.24) is 0 Å². The molecule has 0 N–H and O–H groups in total. The van der Waals surface area contributed by atoms with Gasteiger partial charge in [0, 0.05) is 33.0 Å². The molecule has 2 aliphatic heterocycles. The number of thioether (sulfide) groups is 1. The minimum atomic E-state index is -2.19. The van der Waals surface area contributed by atoms with Gasteiger partial charge in [-0.15, -0.1) is 0 Å². The number of esters is 2. The summed E-state index contributed by atoms with van der Waals surface area (Å²) in [5.41, 5.74) is -0.631. The molecule has 41 heavy (non-hydrogen) atoms. The van der Waals surface area contributed by atoms with Crippen molar-refractivity contribution >= 4 is 32.0 Å². The van der Waals surface area contributed by atoms with Gasteiger partial charge in [0.2, 0.25) is 0 Å². The van der Waals surface area contributed by atoms with Crippen molar-refractivity contribution in [2.24, 2.45) is 0 Å². The molecule has 12 heteroatoms. The molecule has 2 saturated heterocycles. The quantitative estimate of drug-likeness (QED) is 0.274. The van der Waals surface area contributed by atoms with Crippen LogP contribution in [-0.2, 0) is 47.2 Å². The molecule has 0 aliphatic carbocycles. The number of benzene rings is 1. The number of hydrogen-bond acceptors (Lipinski definition) is 11. The average molecular weight is 615 g/mol. The van der Waals surface area contributed by atoms with Gasteiger partial charge in [0.25, 0.3) is 0 Å². The zero-order valence-corrected chi connectivity index (χ0v) is 27.6. The number of methoxy groups -OCH3 is 2. The molecule has 2 heterocycles. The third kappa shape index (κ3) is 8.53. The van der Waals surface area contributed by atoms with E-state index in [4.69, 9.17) is 37.6 Å². The fourth-order valence-corrected chi connectivity index (χ4v) is 7.14. The normalized spacial score (nSPS) is 32.8. The summed E-state index contributed by atoms with van der Waals surface area (Å²) in [7, 11) is 0.971. The van der Waals surface area contributed by atoms with E-state index in [2.05, 4.69) is 33.9 Å². The molecule has 3 rings (SSSR count). The highest BCUT2D eigenvalue weighted by atomic mass is 32.2. The second-order valence-electron chi connectivity index (χ2n) is 11.9. The second-order valence-corrected chi connectivity index (χ2v) is 17.8. The van der Waals surface area contributed by atoms with Crippen LogP contribution in [0.25, 0.3) is 0 Å².